The van der Waals surface area contributed by atoms with Crippen molar-refractivity contribution in [2.24, 2.45) is 7.05 Å². The van der Waals surface area contributed by atoms with Crippen LogP contribution in [-0.4, -0.2) is 24.3 Å². The van der Waals surface area contributed by atoms with Gasteiger partial charge in [0.2, 0.25) is 0 Å². The second kappa shape index (κ2) is 4.44. The SMILES string of the molecule is CCn1nc(-c2ccncc2)c2c(=O)n(C)c(=O)[nH]c21. The second-order valence-electron chi connectivity index (χ2n) is 4.42. The van der Waals surface area contributed by atoms with Crippen molar-refractivity contribution in [2.75, 3.05) is 0 Å². The zero-order valence-electron chi connectivity index (χ0n) is 11.1. The number of pyridine rings is 1. The fraction of sp³-hybridized carbons (Fsp3) is 0.231. The molecular formula is C13H13N5O2. The zero-order valence-corrected chi connectivity index (χ0v) is 11.1. The maximum absolute atomic E-state index is 12.3. The van der Waals surface area contributed by atoms with Crippen molar-refractivity contribution in [2.45, 2.75) is 13.5 Å². The third-order valence-electron chi connectivity index (χ3n) is 3.25. The number of aromatic nitrogens is 5. The number of nitrogens with one attached hydrogen (secondary N) is 1. The van der Waals surface area contributed by atoms with E-state index in [4.69, 9.17) is 0 Å². The standard InChI is InChI=1S/C13H13N5O2/c1-3-18-11-9(12(19)17(2)13(20)15-11)10(16-18)8-4-6-14-7-5-8/h4-7H,3H2,1-2H3,(H,15,20). The summed E-state index contributed by atoms with van der Waals surface area (Å²) in [7, 11) is 1.44. The average molecular weight is 271 g/mol. The molecule has 3 aromatic rings. The Morgan fingerprint density at radius 2 is 1.95 bits per heavy atom. The molecule has 1 N–H and O–H groups in total. The number of aromatic amines is 1. The van der Waals surface area contributed by atoms with Crippen molar-refractivity contribution in [1.82, 2.24) is 24.3 Å². The number of fused-ring (bicyclic) bond motifs is 1. The number of aryl methyl sites for hydroxylation is 1. The van der Waals surface area contributed by atoms with Crippen LogP contribution in [0.2, 0.25) is 0 Å². The van der Waals surface area contributed by atoms with Gasteiger partial charge in [-0.05, 0) is 19.1 Å². The second-order valence-corrected chi connectivity index (χ2v) is 4.42. The van der Waals surface area contributed by atoms with Gasteiger partial charge in [-0.15, -0.1) is 0 Å². The average Bonchev–Trinajstić information content (AvgIpc) is 2.84. The molecule has 0 aliphatic heterocycles. The Morgan fingerprint density at radius 3 is 2.60 bits per heavy atom. The highest BCUT2D eigenvalue weighted by atomic mass is 16.2. The van der Waals surface area contributed by atoms with E-state index in [0.29, 0.717) is 23.3 Å². The molecule has 102 valence electrons. The molecule has 20 heavy (non-hydrogen) atoms. The lowest BCUT2D eigenvalue weighted by Crippen LogP contribution is -2.32. The van der Waals surface area contributed by atoms with E-state index in [1.54, 1.807) is 29.2 Å². The topological polar surface area (TPSA) is 85.6 Å². The van der Waals surface area contributed by atoms with Crippen molar-refractivity contribution >= 4 is 11.0 Å². The maximum atomic E-state index is 12.3. The fourth-order valence-corrected chi connectivity index (χ4v) is 2.18. The Labute approximate surface area is 113 Å². The van der Waals surface area contributed by atoms with Gasteiger partial charge in [0, 0.05) is 31.5 Å². The molecular weight excluding hydrogens is 258 g/mol. The monoisotopic (exact) mass is 271 g/mol. The van der Waals surface area contributed by atoms with Crippen LogP contribution in [0.3, 0.4) is 0 Å². The molecule has 0 aromatic carbocycles. The first-order chi connectivity index (χ1) is 9.63. The summed E-state index contributed by atoms with van der Waals surface area (Å²) >= 11 is 0. The van der Waals surface area contributed by atoms with E-state index in [1.807, 2.05) is 6.92 Å². The fourth-order valence-electron chi connectivity index (χ4n) is 2.18. The van der Waals surface area contributed by atoms with Gasteiger partial charge in [-0.1, -0.05) is 0 Å². The Bertz CT molecular complexity index is 889. The lowest BCUT2D eigenvalue weighted by Gasteiger charge is -1.99. The highest BCUT2D eigenvalue weighted by Crippen LogP contribution is 2.23. The van der Waals surface area contributed by atoms with Gasteiger partial charge in [0.1, 0.15) is 16.7 Å². The zero-order chi connectivity index (χ0) is 14.3. The predicted octanol–water partition coefficient (Wildman–Crippen LogP) is 0.505. The van der Waals surface area contributed by atoms with E-state index < -0.39 is 5.69 Å². The summed E-state index contributed by atoms with van der Waals surface area (Å²) in [5, 5.41) is 4.84. The molecule has 3 heterocycles. The molecule has 0 radical (unpaired) electrons. The minimum absolute atomic E-state index is 0.352. The number of hydrogen-bond donors (Lipinski definition) is 1. The minimum Gasteiger partial charge on any atom is -0.291 e. The van der Waals surface area contributed by atoms with Gasteiger partial charge in [-0.2, -0.15) is 5.10 Å². The summed E-state index contributed by atoms with van der Waals surface area (Å²) in [6, 6.07) is 3.57. The van der Waals surface area contributed by atoms with Crippen LogP contribution in [0, 0.1) is 0 Å². The third kappa shape index (κ3) is 1.67. The Morgan fingerprint density at radius 1 is 1.25 bits per heavy atom. The highest BCUT2D eigenvalue weighted by Gasteiger charge is 2.17. The molecule has 3 rings (SSSR count). The lowest BCUT2D eigenvalue weighted by molar-refractivity contribution is 0.673. The van der Waals surface area contributed by atoms with Gasteiger partial charge >= 0.3 is 5.69 Å². The number of rotatable bonds is 2. The van der Waals surface area contributed by atoms with E-state index in [0.717, 1.165) is 10.1 Å². The molecule has 0 aliphatic carbocycles. The predicted molar refractivity (Wildman–Crippen MR) is 74.5 cm³/mol. The van der Waals surface area contributed by atoms with Crippen LogP contribution in [0.15, 0.2) is 34.1 Å². The summed E-state index contributed by atoms with van der Waals surface area (Å²) < 4.78 is 2.67. The Kier molecular flexibility index (Phi) is 2.74. The van der Waals surface area contributed by atoms with E-state index in [2.05, 4.69) is 15.1 Å². The van der Waals surface area contributed by atoms with Gasteiger partial charge in [0.15, 0.2) is 0 Å². The van der Waals surface area contributed by atoms with Crippen molar-refractivity contribution in [3.63, 3.8) is 0 Å². The van der Waals surface area contributed by atoms with E-state index in [-0.39, 0.29) is 5.56 Å². The lowest BCUT2D eigenvalue weighted by atomic mass is 10.1. The first kappa shape index (κ1) is 12.3. The molecule has 0 saturated heterocycles. The molecule has 7 nitrogen and oxygen atoms in total. The molecule has 3 aromatic heterocycles. The minimum atomic E-state index is -0.446. The van der Waals surface area contributed by atoms with Crippen molar-refractivity contribution in [3.05, 3.63) is 45.4 Å². The Hall–Kier alpha value is -2.70. The molecule has 0 saturated carbocycles. The van der Waals surface area contributed by atoms with Gasteiger partial charge < -0.3 is 0 Å². The van der Waals surface area contributed by atoms with Gasteiger partial charge in [-0.25, -0.2) is 9.48 Å². The van der Waals surface area contributed by atoms with Gasteiger partial charge in [0.25, 0.3) is 5.56 Å². The summed E-state index contributed by atoms with van der Waals surface area (Å²) in [6.45, 7) is 2.46. The van der Waals surface area contributed by atoms with Crippen molar-refractivity contribution < 1.29 is 0 Å². The van der Waals surface area contributed by atoms with Crippen LogP contribution in [0.25, 0.3) is 22.3 Å². The molecule has 0 fully saturated rings. The maximum Gasteiger partial charge on any atom is 0.329 e. The smallest absolute Gasteiger partial charge is 0.291 e. The molecule has 0 bridgehead atoms. The molecule has 0 atom stereocenters. The number of H-pyrrole nitrogens is 1. The third-order valence-corrected chi connectivity index (χ3v) is 3.25. The summed E-state index contributed by atoms with van der Waals surface area (Å²) in [6.07, 6.45) is 3.28. The van der Waals surface area contributed by atoms with Crippen molar-refractivity contribution in [3.8, 4) is 11.3 Å². The summed E-state index contributed by atoms with van der Waals surface area (Å²) in [4.78, 5) is 30.7. The van der Waals surface area contributed by atoms with Crippen LogP contribution >= 0.6 is 0 Å². The molecule has 7 heteroatoms. The van der Waals surface area contributed by atoms with Crippen LogP contribution in [0.4, 0.5) is 0 Å². The van der Waals surface area contributed by atoms with Crippen LogP contribution in [0.5, 0.6) is 0 Å². The van der Waals surface area contributed by atoms with Gasteiger partial charge in [-0.3, -0.25) is 19.3 Å². The van der Waals surface area contributed by atoms with E-state index in [1.165, 1.54) is 7.05 Å². The van der Waals surface area contributed by atoms with Crippen molar-refractivity contribution in [1.29, 1.82) is 0 Å². The molecule has 0 aliphatic rings. The first-order valence-electron chi connectivity index (χ1n) is 6.23. The van der Waals surface area contributed by atoms with E-state index in [9.17, 15) is 9.59 Å². The normalized spacial score (nSPS) is 11.1. The highest BCUT2D eigenvalue weighted by molar-refractivity contribution is 5.90. The van der Waals surface area contributed by atoms with Crippen LogP contribution in [-0.2, 0) is 13.6 Å². The molecule has 0 unspecified atom stereocenters. The van der Waals surface area contributed by atoms with Crippen LogP contribution < -0.4 is 11.2 Å². The van der Waals surface area contributed by atoms with Crippen LogP contribution in [0.1, 0.15) is 6.92 Å². The molecule has 0 amide bonds. The Balaban J connectivity index is 2.49. The molecule has 0 spiro atoms. The van der Waals surface area contributed by atoms with E-state index >= 15 is 0 Å². The largest absolute Gasteiger partial charge is 0.329 e. The number of nitrogens with zero attached hydrogens (tertiary/aromatic N) is 4. The summed E-state index contributed by atoms with van der Waals surface area (Å²) in [5.74, 6) is 0. The quantitative estimate of drug-likeness (QED) is 0.735. The van der Waals surface area contributed by atoms with Gasteiger partial charge in [0.05, 0.1) is 0 Å². The summed E-state index contributed by atoms with van der Waals surface area (Å²) in [5.41, 5.74) is 1.00. The number of hydrogen-bond acceptors (Lipinski definition) is 4. The first-order valence-corrected chi connectivity index (χ1v) is 6.23.